The molecule has 8 heteroatoms. The van der Waals surface area contributed by atoms with Crippen LogP contribution in [0.2, 0.25) is 4.34 Å². The van der Waals surface area contributed by atoms with E-state index in [-0.39, 0.29) is 10.8 Å². The molecule has 2 aromatic rings. The lowest BCUT2D eigenvalue weighted by molar-refractivity contribution is -0.120. The highest BCUT2D eigenvalue weighted by atomic mass is 35.5. The van der Waals surface area contributed by atoms with Crippen LogP contribution >= 0.6 is 22.9 Å². The first-order valence-electron chi connectivity index (χ1n) is 6.44. The van der Waals surface area contributed by atoms with Crippen LogP contribution in [-0.4, -0.2) is 20.9 Å². The molecular weight excluding hydrogens is 344 g/mol. The third-order valence-electron chi connectivity index (χ3n) is 2.81. The maximum atomic E-state index is 11.9. The average molecular weight is 359 g/mol. The van der Waals surface area contributed by atoms with Gasteiger partial charge in [-0.2, -0.15) is 0 Å². The quantitative estimate of drug-likeness (QED) is 0.832. The van der Waals surface area contributed by atoms with Crippen LogP contribution in [0.5, 0.6) is 0 Å². The van der Waals surface area contributed by atoms with E-state index in [4.69, 9.17) is 11.6 Å². The molecule has 0 saturated heterocycles. The number of sulfonamides is 1. The minimum atomic E-state index is -3.70. The summed E-state index contributed by atoms with van der Waals surface area (Å²) in [5, 5.41) is 2.67. The number of hydrogen-bond donors (Lipinski definition) is 2. The monoisotopic (exact) mass is 358 g/mol. The first-order valence-corrected chi connectivity index (χ1v) is 9.12. The van der Waals surface area contributed by atoms with Crippen molar-refractivity contribution in [2.45, 2.75) is 17.7 Å². The van der Waals surface area contributed by atoms with Crippen LogP contribution < -0.4 is 10.0 Å². The third kappa shape index (κ3) is 4.81. The Labute approximate surface area is 138 Å². The highest BCUT2D eigenvalue weighted by Crippen LogP contribution is 2.25. The van der Waals surface area contributed by atoms with Gasteiger partial charge in [0, 0.05) is 6.54 Å². The largest absolute Gasteiger partial charge is 0.351 e. The second-order valence-electron chi connectivity index (χ2n) is 4.65. The molecule has 22 heavy (non-hydrogen) atoms. The molecule has 118 valence electrons. The van der Waals surface area contributed by atoms with E-state index in [0.29, 0.717) is 10.9 Å². The normalized spacial score (nSPS) is 11.4. The van der Waals surface area contributed by atoms with Gasteiger partial charge < -0.3 is 5.32 Å². The molecule has 5 nitrogen and oxygen atoms in total. The number of carbonyl (C=O) groups excluding carboxylic acids is 1. The number of amides is 1. The van der Waals surface area contributed by atoms with E-state index in [0.717, 1.165) is 22.5 Å². The fraction of sp³-hybridized carbons (Fsp3) is 0.214. The lowest BCUT2D eigenvalue weighted by Crippen LogP contribution is -2.36. The topological polar surface area (TPSA) is 75.3 Å². The van der Waals surface area contributed by atoms with Crippen LogP contribution in [0.25, 0.3) is 0 Å². The summed E-state index contributed by atoms with van der Waals surface area (Å²) in [6.07, 6.45) is 0. The van der Waals surface area contributed by atoms with Crippen molar-refractivity contribution in [2.24, 2.45) is 0 Å². The fourth-order valence-corrected chi connectivity index (χ4v) is 4.27. The van der Waals surface area contributed by atoms with Gasteiger partial charge in [0.1, 0.15) is 4.21 Å². The van der Waals surface area contributed by atoms with Crippen LogP contribution in [0.1, 0.15) is 11.1 Å². The summed E-state index contributed by atoms with van der Waals surface area (Å²) in [7, 11) is -3.70. The Hall–Kier alpha value is -1.41. The number of thiophene rings is 1. The predicted octanol–water partition coefficient (Wildman–Crippen LogP) is 2.30. The summed E-state index contributed by atoms with van der Waals surface area (Å²) in [5.74, 6) is -0.396. The third-order valence-corrected chi connectivity index (χ3v) is 5.93. The molecule has 0 aliphatic carbocycles. The van der Waals surface area contributed by atoms with Gasteiger partial charge in [-0.05, 0) is 24.6 Å². The molecule has 2 rings (SSSR count). The smallest absolute Gasteiger partial charge is 0.250 e. The molecule has 0 spiro atoms. The van der Waals surface area contributed by atoms with Crippen molar-refractivity contribution in [1.82, 2.24) is 10.0 Å². The SMILES string of the molecule is Cc1cccc(CNC(=O)CNS(=O)(=O)c2ccc(Cl)s2)c1. The van der Waals surface area contributed by atoms with Gasteiger partial charge in [0.05, 0.1) is 10.9 Å². The number of aryl methyl sites for hydroxylation is 1. The maximum absolute atomic E-state index is 11.9. The fourth-order valence-electron chi connectivity index (χ4n) is 1.76. The molecule has 0 radical (unpaired) electrons. The zero-order chi connectivity index (χ0) is 16.2. The Balaban J connectivity index is 1.85. The molecule has 1 aromatic heterocycles. The van der Waals surface area contributed by atoms with Crippen molar-refractivity contribution in [3.8, 4) is 0 Å². The van der Waals surface area contributed by atoms with Gasteiger partial charge in [0.2, 0.25) is 5.91 Å². The minimum Gasteiger partial charge on any atom is -0.351 e. The second kappa shape index (κ2) is 7.23. The Morgan fingerprint density at radius 2 is 2.05 bits per heavy atom. The van der Waals surface area contributed by atoms with Crippen LogP contribution in [0.15, 0.2) is 40.6 Å². The predicted molar refractivity (Wildman–Crippen MR) is 87.5 cm³/mol. The molecule has 0 aliphatic heterocycles. The summed E-state index contributed by atoms with van der Waals surface area (Å²) in [6.45, 7) is 2.00. The molecule has 1 amide bonds. The Bertz CT molecular complexity index is 772. The van der Waals surface area contributed by atoms with Gasteiger partial charge >= 0.3 is 0 Å². The number of hydrogen-bond acceptors (Lipinski definition) is 4. The van der Waals surface area contributed by atoms with Gasteiger partial charge in [-0.15, -0.1) is 11.3 Å². The molecule has 0 bridgehead atoms. The molecular formula is C14H15ClN2O3S2. The molecule has 0 unspecified atom stereocenters. The number of carbonyl (C=O) groups is 1. The standard InChI is InChI=1S/C14H15ClN2O3S2/c1-10-3-2-4-11(7-10)8-16-13(18)9-17-22(19,20)14-6-5-12(15)21-14/h2-7,17H,8-9H2,1H3,(H,16,18). The van der Waals surface area contributed by atoms with E-state index in [9.17, 15) is 13.2 Å². The van der Waals surface area contributed by atoms with Crippen molar-refractivity contribution in [2.75, 3.05) is 6.54 Å². The lowest BCUT2D eigenvalue weighted by Gasteiger charge is -2.07. The van der Waals surface area contributed by atoms with E-state index in [1.54, 1.807) is 0 Å². The van der Waals surface area contributed by atoms with Crippen LogP contribution in [0.4, 0.5) is 0 Å². The van der Waals surface area contributed by atoms with E-state index in [1.165, 1.54) is 12.1 Å². The van der Waals surface area contributed by atoms with Crippen LogP contribution in [-0.2, 0) is 21.4 Å². The molecule has 0 saturated carbocycles. The number of rotatable bonds is 6. The van der Waals surface area contributed by atoms with Gasteiger partial charge in [0.25, 0.3) is 10.0 Å². The minimum absolute atomic E-state index is 0.0870. The molecule has 1 aromatic carbocycles. The Kier molecular flexibility index (Phi) is 5.57. The first-order chi connectivity index (χ1) is 10.4. The lowest BCUT2D eigenvalue weighted by atomic mass is 10.1. The van der Waals surface area contributed by atoms with E-state index in [2.05, 4.69) is 10.0 Å². The highest BCUT2D eigenvalue weighted by Gasteiger charge is 2.17. The molecule has 0 aliphatic rings. The zero-order valence-corrected chi connectivity index (χ0v) is 14.2. The molecule has 0 atom stereocenters. The summed E-state index contributed by atoms with van der Waals surface area (Å²) < 4.78 is 26.6. The zero-order valence-electron chi connectivity index (χ0n) is 11.8. The Morgan fingerprint density at radius 1 is 1.27 bits per heavy atom. The second-order valence-corrected chi connectivity index (χ2v) is 8.36. The van der Waals surface area contributed by atoms with Crippen LogP contribution in [0.3, 0.4) is 0 Å². The summed E-state index contributed by atoms with van der Waals surface area (Å²) >= 11 is 6.65. The van der Waals surface area contributed by atoms with Gasteiger partial charge in [-0.25, -0.2) is 13.1 Å². The van der Waals surface area contributed by atoms with Crippen molar-refractivity contribution < 1.29 is 13.2 Å². The summed E-state index contributed by atoms with van der Waals surface area (Å²) in [5.41, 5.74) is 2.06. The van der Waals surface area contributed by atoms with Crippen LogP contribution in [0, 0.1) is 6.92 Å². The average Bonchev–Trinajstić information content (AvgIpc) is 2.91. The number of halogens is 1. The van der Waals surface area contributed by atoms with E-state index >= 15 is 0 Å². The first kappa shape index (κ1) is 17.0. The number of nitrogens with one attached hydrogen (secondary N) is 2. The summed E-state index contributed by atoms with van der Waals surface area (Å²) in [4.78, 5) is 11.7. The van der Waals surface area contributed by atoms with Gasteiger partial charge in [0.15, 0.2) is 0 Å². The maximum Gasteiger partial charge on any atom is 0.250 e. The summed E-state index contributed by atoms with van der Waals surface area (Å²) in [6, 6.07) is 10.6. The van der Waals surface area contributed by atoms with Gasteiger partial charge in [-0.1, -0.05) is 41.4 Å². The number of benzene rings is 1. The van der Waals surface area contributed by atoms with E-state index in [1.807, 2.05) is 31.2 Å². The molecule has 2 N–H and O–H groups in total. The van der Waals surface area contributed by atoms with E-state index < -0.39 is 15.9 Å². The van der Waals surface area contributed by atoms with Gasteiger partial charge in [-0.3, -0.25) is 4.79 Å². The highest BCUT2D eigenvalue weighted by molar-refractivity contribution is 7.91. The van der Waals surface area contributed by atoms with Crippen molar-refractivity contribution in [3.63, 3.8) is 0 Å². The Morgan fingerprint density at radius 3 is 2.68 bits per heavy atom. The van der Waals surface area contributed by atoms with Crippen molar-refractivity contribution >= 4 is 38.9 Å². The molecule has 1 heterocycles. The van der Waals surface area contributed by atoms with Crippen molar-refractivity contribution in [3.05, 3.63) is 51.9 Å². The van der Waals surface area contributed by atoms with Crippen molar-refractivity contribution in [1.29, 1.82) is 0 Å². The molecule has 0 fully saturated rings.